The van der Waals surface area contributed by atoms with Crippen molar-refractivity contribution >= 4 is 18.0 Å². The number of carbonyl (C=O) groups excluding carboxylic acids is 2. The van der Waals surface area contributed by atoms with E-state index in [0.29, 0.717) is 0 Å². The van der Waals surface area contributed by atoms with Crippen molar-refractivity contribution in [3.63, 3.8) is 0 Å². The van der Waals surface area contributed by atoms with Crippen molar-refractivity contribution in [1.82, 2.24) is 0 Å². The van der Waals surface area contributed by atoms with E-state index in [9.17, 15) is 14.7 Å². The molecule has 0 bridgehead atoms. The molecular weight excluding hydrogens is 328 g/mol. The molecule has 7 heteroatoms. The lowest BCUT2D eigenvalue weighted by Crippen LogP contribution is -2.32. The standard InChI is InChI=1S/C18H18O7/c1-18(2)22-10-12(25-18)15-14(20)16(17(21)24-15)23-13(19)9-8-11-6-4-3-5-7-11/h3-9,12,15,20H,10H2,1-2H3/t12-,15+/m0/s1. The Bertz CT molecular complexity index is 733. The van der Waals surface area contributed by atoms with Crippen LogP contribution in [0.4, 0.5) is 0 Å². The monoisotopic (exact) mass is 346 g/mol. The molecule has 0 unspecified atom stereocenters. The van der Waals surface area contributed by atoms with E-state index in [0.717, 1.165) is 11.6 Å². The molecule has 2 aliphatic heterocycles. The highest BCUT2D eigenvalue weighted by Gasteiger charge is 2.47. The van der Waals surface area contributed by atoms with E-state index in [1.54, 1.807) is 26.0 Å². The molecule has 1 fully saturated rings. The van der Waals surface area contributed by atoms with Gasteiger partial charge in [-0.2, -0.15) is 0 Å². The molecule has 0 radical (unpaired) electrons. The second kappa shape index (κ2) is 6.70. The Morgan fingerprint density at radius 1 is 1.32 bits per heavy atom. The molecule has 1 aromatic carbocycles. The fourth-order valence-corrected chi connectivity index (χ4v) is 2.53. The molecule has 2 aliphatic rings. The van der Waals surface area contributed by atoms with Gasteiger partial charge in [0.05, 0.1) is 6.61 Å². The van der Waals surface area contributed by atoms with Gasteiger partial charge in [-0.3, -0.25) is 0 Å². The predicted octanol–water partition coefficient (Wildman–Crippen LogP) is 2.09. The number of benzene rings is 1. The summed E-state index contributed by atoms with van der Waals surface area (Å²) in [7, 11) is 0. The van der Waals surface area contributed by atoms with Gasteiger partial charge in [0.1, 0.15) is 6.10 Å². The number of cyclic esters (lactones) is 1. The van der Waals surface area contributed by atoms with Gasteiger partial charge in [0, 0.05) is 6.08 Å². The maximum absolute atomic E-state index is 11.9. The van der Waals surface area contributed by atoms with Gasteiger partial charge >= 0.3 is 11.9 Å². The molecule has 3 rings (SSSR count). The first kappa shape index (κ1) is 17.2. The molecule has 0 spiro atoms. The van der Waals surface area contributed by atoms with Crippen molar-refractivity contribution < 1.29 is 33.6 Å². The first-order valence-electron chi connectivity index (χ1n) is 7.76. The first-order chi connectivity index (χ1) is 11.9. The molecule has 2 atom stereocenters. The van der Waals surface area contributed by atoms with Crippen molar-refractivity contribution in [2.45, 2.75) is 31.8 Å². The van der Waals surface area contributed by atoms with Crippen LogP contribution < -0.4 is 0 Å². The maximum Gasteiger partial charge on any atom is 0.378 e. The second-order valence-corrected chi connectivity index (χ2v) is 6.07. The van der Waals surface area contributed by atoms with Gasteiger partial charge in [-0.15, -0.1) is 0 Å². The third-order valence-corrected chi connectivity index (χ3v) is 3.70. The molecule has 25 heavy (non-hydrogen) atoms. The molecule has 0 saturated carbocycles. The Hall–Kier alpha value is -2.64. The lowest BCUT2D eigenvalue weighted by molar-refractivity contribution is -0.163. The lowest BCUT2D eigenvalue weighted by Gasteiger charge is -2.19. The molecule has 1 N–H and O–H groups in total. The molecule has 1 saturated heterocycles. The second-order valence-electron chi connectivity index (χ2n) is 6.07. The molecule has 2 heterocycles. The smallest absolute Gasteiger partial charge is 0.378 e. The Balaban J connectivity index is 1.67. The van der Waals surface area contributed by atoms with Crippen LogP contribution in [0.1, 0.15) is 19.4 Å². The Labute approximate surface area is 144 Å². The molecule has 0 aliphatic carbocycles. The Morgan fingerprint density at radius 3 is 2.68 bits per heavy atom. The van der Waals surface area contributed by atoms with Crippen LogP contribution in [0.3, 0.4) is 0 Å². The molecule has 7 nitrogen and oxygen atoms in total. The van der Waals surface area contributed by atoms with Crippen molar-refractivity contribution in [2.24, 2.45) is 0 Å². The van der Waals surface area contributed by atoms with Crippen LogP contribution in [0.15, 0.2) is 47.9 Å². The van der Waals surface area contributed by atoms with Gasteiger partial charge in [-0.25, -0.2) is 9.59 Å². The highest BCUT2D eigenvalue weighted by molar-refractivity contribution is 5.96. The Kier molecular flexibility index (Phi) is 4.61. The highest BCUT2D eigenvalue weighted by atomic mass is 16.8. The quantitative estimate of drug-likeness (QED) is 0.659. The Morgan fingerprint density at radius 2 is 2.04 bits per heavy atom. The normalized spacial score (nSPS) is 25.4. The fourth-order valence-electron chi connectivity index (χ4n) is 2.53. The van der Waals surface area contributed by atoms with Gasteiger partial charge in [0.2, 0.25) is 0 Å². The number of carbonyl (C=O) groups is 2. The summed E-state index contributed by atoms with van der Waals surface area (Å²) in [4.78, 5) is 23.8. The van der Waals surface area contributed by atoms with E-state index in [-0.39, 0.29) is 6.61 Å². The fraction of sp³-hybridized carbons (Fsp3) is 0.333. The van der Waals surface area contributed by atoms with Crippen LogP contribution in [-0.4, -0.2) is 41.6 Å². The van der Waals surface area contributed by atoms with Crippen LogP contribution >= 0.6 is 0 Å². The molecular formula is C18H18O7. The predicted molar refractivity (Wildman–Crippen MR) is 86.0 cm³/mol. The SMILES string of the molecule is CC1(C)OC[C@@H]([C@H]2OC(=O)C(OC(=O)C=Cc3ccccc3)=C2O)O1. The summed E-state index contributed by atoms with van der Waals surface area (Å²) in [6.07, 6.45) is 0.966. The number of ether oxygens (including phenoxy) is 4. The van der Waals surface area contributed by atoms with Crippen molar-refractivity contribution in [2.75, 3.05) is 6.61 Å². The zero-order valence-corrected chi connectivity index (χ0v) is 13.8. The summed E-state index contributed by atoms with van der Waals surface area (Å²) in [5, 5.41) is 10.2. The topological polar surface area (TPSA) is 91.3 Å². The summed E-state index contributed by atoms with van der Waals surface area (Å²) < 4.78 is 20.9. The number of rotatable bonds is 4. The van der Waals surface area contributed by atoms with Gasteiger partial charge in [0.25, 0.3) is 5.76 Å². The van der Waals surface area contributed by atoms with E-state index in [1.807, 2.05) is 18.2 Å². The van der Waals surface area contributed by atoms with E-state index >= 15 is 0 Å². The maximum atomic E-state index is 11.9. The number of hydrogen-bond acceptors (Lipinski definition) is 7. The molecule has 0 aromatic heterocycles. The lowest BCUT2D eigenvalue weighted by atomic mass is 10.2. The summed E-state index contributed by atoms with van der Waals surface area (Å²) in [6, 6.07) is 9.11. The van der Waals surface area contributed by atoms with Crippen molar-refractivity contribution in [3.05, 3.63) is 53.5 Å². The molecule has 0 amide bonds. The summed E-state index contributed by atoms with van der Waals surface area (Å²) >= 11 is 0. The zero-order valence-electron chi connectivity index (χ0n) is 13.8. The minimum Gasteiger partial charge on any atom is -0.505 e. The van der Waals surface area contributed by atoms with Gasteiger partial charge < -0.3 is 24.1 Å². The summed E-state index contributed by atoms with van der Waals surface area (Å²) in [5.74, 6) is -3.56. The van der Waals surface area contributed by atoms with E-state index < -0.39 is 41.5 Å². The van der Waals surface area contributed by atoms with E-state index in [2.05, 4.69) is 0 Å². The van der Waals surface area contributed by atoms with Crippen LogP contribution in [0, 0.1) is 0 Å². The van der Waals surface area contributed by atoms with Gasteiger partial charge in [-0.1, -0.05) is 30.3 Å². The summed E-state index contributed by atoms with van der Waals surface area (Å²) in [5.41, 5.74) is 0.795. The highest BCUT2D eigenvalue weighted by Crippen LogP contribution is 2.32. The number of aliphatic hydroxyl groups excluding tert-OH is 1. The van der Waals surface area contributed by atoms with E-state index in [4.69, 9.17) is 18.9 Å². The summed E-state index contributed by atoms with van der Waals surface area (Å²) in [6.45, 7) is 3.56. The minimum absolute atomic E-state index is 0.143. The van der Waals surface area contributed by atoms with Crippen molar-refractivity contribution in [3.8, 4) is 0 Å². The average Bonchev–Trinajstić information content (AvgIpc) is 3.07. The minimum atomic E-state index is -1.06. The van der Waals surface area contributed by atoms with Crippen LogP contribution in [0.25, 0.3) is 6.08 Å². The van der Waals surface area contributed by atoms with Gasteiger partial charge in [-0.05, 0) is 25.5 Å². The third-order valence-electron chi connectivity index (χ3n) is 3.70. The zero-order chi connectivity index (χ0) is 18.0. The van der Waals surface area contributed by atoms with Crippen LogP contribution in [0.2, 0.25) is 0 Å². The molecule has 132 valence electrons. The van der Waals surface area contributed by atoms with E-state index in [1.165, 1.54) is 6.08 Å². The average molecular weight is 346 g/mol. The van der Waals surface area contributed by atoms with Gasteiger partial charge in [0.15, 0.2) is 17.7 Å². The van der Waals surface area contributed by atoms with Crippen molar-refractivity contribution in [1.29, 1.82) is 0 Å². The third kappa shape index (κ3) is 3.89. The van der Waals surface area contributed by atoms with Crippen LogP contribution in [0.5, 0.6) is 0 Å². The number of esters is 2. The number of hydrogen-bond donors (Lipinski definition) is 1. The largest absolute Gasteiger partial charge is 0.505 e. The number of aliphatic hydroxyl groups is 1. The van der Waals surface area contributed by atoms with Crippen LogP contribution in [-0.2, 0) is 28.5 Å². The first-order valence-corrected chi connectivity index (χ1v) is 7.76. The molecule has 1 aromatic rings.